The highest BCUT2D eigenvalue weighted by Gasteiger charge is 2.23. The van der Waals surface area contributed by atoms with Crippen molar-refractivity contribution in [3.05, 3.63) is 70.8 Å². The first kappa shape index (κ1) is 15.9. The SMILES string of the molecule is O=C1CCCN1Cc1cccc(C(=O)N2CCc3ccccc3C2)c1. The van der Waals surface area contributed by atoms with Gasteiger partial charge in [0.1, 0.15) is 0 Å². The molecule has 2 aromatic rings. The number of benzene rings is 2. The molecule has 4 rings (SSSR count). The molecule has 2 heterocycles. The van der Waals surface area contributed by atoms with E-state index in [0.29, 0.717) is 25.1 Å². The molecule has 4 nitrogen and oxygen atoms in total. The Balaban J connectivity index is 1.49. The van der Waals surface area contributed by atoms with Gasteiger partial charge in [0.05, 0.1) is 0 Å². The zero-order valence-electron chi connectivity index (χ0n) is 14.3. The molecule has 1 saturated heterocycles. The van der Waals surface area contributed by atoms with Crippen molar-refractivity contribution in [2.75, 3.05) is 13.1 Å². The second-order valence-corrected chi connectivity index (χ2v) is 6.86. The van der Waals surface area contributed by atoms with Gasteiger partial charge >= 0.3 is 0 Å². The van der Waals surface area contributed by atoms with Crippen LogP contribution in [-0.4, -0.2) is 34.7 Å². The highest BCUT2D eigenvalue weighted by atomic mass is 16.2. The second-order valence-electron chi connectivity index (χ2n) is 6.86. The molecule has 1 fully saturated rings. The summed E-state index contributed by atoms with van der Waals surface area (Å²) in [6.07, 6.45) is 2.49. The minimum Gasteiger partial charge on any atom is -0.338 e. The van der Waals surface area contributed by atoms with Gasteiger partial charge in [0.2, 0.25) is 5.91 Å². The number of hydrogen-bond donors (Lipinski definition) is 0. The molecule has 0 radical (unpaired) electrons. The average Bonchev–Trinajstić information content (AvgIpc) is 3.05. The number of carbonyl (C=O) groups is 2. The lowest BCUT2D eigenvalue weighted by atomic mass is 9.99. The van der Waals surface area contributed by atoms with Crippen molar-refractivity contribution in [1.29, 1.82) is 0 Å². The van der Waals surface area contributed by atoms with Gasteiger partial charge in [0.15, 0.2) is 0 Å². The van der Waals surface area contributed by atoms with Crippen molar-refractivity contribution in [2.45, 2.75) is 32.4 Å². The molecule has 4 heteroatoms. The second kappa shape index (κ2) is 6.71. The van der Waals surface area contributed by atoms with Crippen LogP contribution in [0.25, 0.3) is 0 Å². The summed E-state index contributed by atoms with van der Waals surface area (Å²) in [4.78, 5) is 28.5. The molecule has 128 valence electrons. The van der Waals surface area contributed by atoms with Crippen LogP contribution >= 0.6 is 0 Å². The van der Waals surface area contributed by atoms with Crippen molar-refractivity contribution in [1.82, 2.24) is 9.80 Å². The lowest BCUT2D eigenvalue weighted by Crippen LogP contribution is -2.36. The Bertz CT molecular complexity index is 815. The molecule has 0 N–H and O–H groups in total. The van der Waals surface area contributed by atoms with E-state index in [4.69, 9.17) is 0 Å². The van der Waals surface area contributed by atoms with Gasteiger partial charge in [-0.2, -0.15) is 0 Å². The van der Waals surface area contributed by atoms with Crippen molar-refractivity contribution >= 4 is 11.8 Å². The van der Waals surface area contributed by atoms with Crippen LogP contribution in [0.1, 0.15) is 39.9 Å². The fraction of sp³-hybridized carbons (Fsp3) is 0.333. The molecule has 0 atom stereocenters. The molecule has 2 aromatic carbocycles. The maximum absolute atomic E-state index is 12.9. The van der Waals surface area contributed by atoms with E-state index >= 15 is 0 Å². The maximum Gasteiger partial charge on any atom is 0.254 e. The van der Waals surface area contributed by atoms with Crippen molar-refractivity contribution < 1.29 is 9.59 Å². The highest BCUT2D eigenvalue weighted by Crippen LogP contribution is 2.21. The molecule has 2 aliphatic heterocycles. The summed E-state index contributed by atoms with van der Waals surface area (Å²) in [7, 11) is 0. The molecular weight excluding hydrogens is 312 g/mol. The van der Waals surface area contributed by atoms with Gasteiger partial charge < -0.3 is 9.80 Å². The molecule has 0 bridgehead atoms. The molecule has 0 aromatic heterocycles. The van der Waals surface area contributed by atoms with Crippen LogP contribution in [-0.2, 0) is 24.3 Å². The monoisotopic (exact) mass is 334 g/mol. The Labute approximate surface area is 148 Å². The third kappa shape index (κ3) is 3.29. The Morgan fingerprint density at radius 1 is 0.960 bits per heavy atom. The average molecular weight is 334 g/mol. The molecule has 0 saturated carbocycles. The molecule has 0 unspecified atom stereocenters. The Morgan fingerprint density at radius 3 is 2.60 bits per heavy atom. The van der Waals surface area contributed by atoms with E-state index in [1.54, 1.807) is 0 Å². The number of nitrogens with zero attached hydrogens (tertiary/aromatic N) is 2. The summed E-state index contributed by atoms with van der Waals surface area (Å²) in [6.45, 7) is 2.84. The maximum atomic E-state index is 12.9. The number of likely N-dealkylation sites (tertiary alicyclic amines) is 1. The van der Waals surface area contributed by atoms with E-state index in [-0.39, 0.29) is 11.8 Å². The minimum atomic E-state index is 0.0732. The molecule has 0 spiro atoms. The largest absolute Gasteiger partial charge is 0.338 e. The number of carbonyl (C=O) groups excluding carboxylic acids is 2. The van der Waals surface area contributed by atoms with Gasteiger partial charge in [0.25, 0.3) is 5.91 Å². The van der Waals surface area contributed by atoms with Gasteiger partial charge in [0, 0.05) is 38.2 Å². The van der Waals surface area contributed by atoms with E-state index in [1.165, 1.54) is 11.1 Å². The van der Waals surface area contributed by atoms with E-state index in [2.05, 4.69) is 18.2 Å². The smallest absolute Gasteiger partial charge is 0.254 e. The Hall–Kier alpha value is -2.62. The van der Waals surface area contributed by atoms with Gasteiger partial charge in [-0.05, 0) is 41.7 Å². The van der Waals surface area contributed by atoms with Gasteiger partial charge in [-0.1, -0.05) is 36.4 Å². The van der Waals surface area contributed by atoms with Gasteiger partial charge in [-0.15, -0.1) is 0 Å². The quantitative estimate of drug-likeness (QED) is 0.866. The van der Waals surface area contributed by atoms with Crippen LogP contribution in [0.4, 0.5) is 0 Å². The highest BCUT2D eigenvalue weighted by molar-refractivity contribution is 5.94. The summed E-state index contributed by atoms with van der Waals surface area (Å²) < 4.78 is 0. The lowest BCUT2D eigenvalue weighted by molar-refractivity contribution is -0.128. The van der Waals surface area contributed by atoms with Crippen LogP contribution in [0.2, 0.25) is 0 Å². The fourth-order valence-corrected chi connectivity index (χ4v) is 3.75. The van der Waals surface area contributed by atoms with E-state index < -0.39 is 0 Å². The summed E-state index contributed by atoms with van der Waals surface area (Å²) in [5.74, 6) is 0.286. The van der Waals surface area contributed by atoms with Crippen molar-refractivity contribution in [3.63, 3.8) is 0 Å². The summed E-state index contributed by atoms with van der Waals surface area (Å²) >= 11 is 0. The molecule has 0 aliphatic carbocycles. The normalized spacial score (nSPS) is 16.9. The van der Waals surface area contributed by atoms with Gasteiger partial charge in [-0.25, -0.2) is 0 Å². The summed E-state index contributed by atoms with van der Waals surface area (Å²) in [6, 6.07) is 16.1. The third-order valence-electron chi connectivity index (χ3n) is 5.14. The Morgan fingerprint density at radius 2 is 1.80 bits per heavy atom. The van der Waals surface area contributed by atoms with E-state index in [1.807, 2.05) is 40.1 Å². The molecule has 2 amide bonds. The van der Waals surface area contributed by atoms with Crippen LogP contribution in [0.3, 0.4) is 0 Å². The van der Waals surface area contributed by atoms with E-state index in [9.17, 15) is 9.59 Å². The third-order valence-corrected chi connectivity index (χ3v) is 5.14. The van der Waals surface area contributed by atoms with Gasteiger partial charge in [-0.3, -0.25) is 9.59 Å². The number of rotatable bonds is 3. The molecule has 2 aliphatic rings. The van der Waals surface area contributed by atoms with Crippen molar-refractivity contribution in [3.8, 4) is 0 Å². The summed E-state index contributed by atoms with van der Waals surface area (Å²) in [5, 5.41) is 0. The topological polar surface area (TPSA) is 40.6 Å². The summed E-state index contributed by atoms with van der Waals surface area (Å²) in [5.41, 5.74) is 4.32. The number of amides is 2. The Kier molecular flexibility index (Phi) is 4.26. The first-order chi connectivity index (χ1) is 12.2. The first-order valence-corrected chi connectivity index (χ1v) is 8.93. The molecule has 25 heavy (non-hydrogen) atoms. The van der Waals surface area contributed by atoms with Crippen LogP contribution in [0, 0.1) is 0 Å². The zero-order valence-corrected chi connectivity index (χ0v) is 14.3. The number of fused-ring (bicyclic) bond motifs is 1. The fourth-order valence-electron chi connectivity index (χ4n) is 3.75. The predicted molar refractivity (Wildman–Crippen MR) is 96.0 cm³/mol. The molecular formula is C21H22N2O2. The predicted octanol–water partition coefficient (Wildman–Crippen LogP) is 3.01. The van der Waals surface area contributed by atoms with Crippen LogP contribution in [0.15, 0.2) is 48.5 Å². The standard InChI is InChI=1S/C21H22N2O2/c24-20-9-4-11-22(20)14-16-5-3-8-18(13-16)21(25)23-12-10-17-6-1-2-7-19(17)15-23/h1-3,5-8,13H,4,9-12,14-15H2. The van der Waals surface area contributed by atoms with Crippen LogP contribution < -0.4 is 0 Å². The first-order valence-electron chi connectivity index (χ1n) is 8.93. The van der Waals surface area contributed by atoms with E-state index in [0.717, 1.165) is 31.5 Å². The lowest BCUT2D eigenvalue weighted by Gasteiger charge is -2.29. The number of hydrogen-bond acceptors (Lipinski definition) is 2. The minimum absolute atomic E-state index is 0.0732. The zero-order chi connectivity index (χ0) is 17.2. The van der Waals surface area contributed by atoms with Crippen molar-refractivity contribution in [2.24, 2.45) is 0 Å². The van der Waals surface area contributed by atoms with Crippen LogP contribution in [0.5, 0.6) is 0 Å².